The molecule has 126 valence electrons. The summed E-state index contributed by atoms with van der Waals surface area (Å²) in [6.07, 6.45) is -1.37. The first-order valence-electron chi connectivity index (χ1n) is 7.94. The molecule has 0 heterocycles. The van der Waals surface area contributed by atoms with Crippen LogP contribution >= 0.6 is 0 Å². The van der Waals surface area contributed by atoms with Crippen LogP contribution in [0.5, 0.6) is 0 Å². The maximum absolute atomic E-state index is 13.1. The quantitative estimate of drug-likeness (QED) is 0.928. The summed E-state index contributed by atoms with van der Waals surface area (Å²) in [4.78, 5) is 14.1. The first-order chi connectivity index (χ1) is 10.8. The molecule has 2 saturated carbocycles. The van der Waals surface area contributed by atoms with Crippen molar-refractivity contribution in [2.75, 3.05) is 7.05 Å². The van der Waals surface area contributed by atoms with Gasteiger partial charge in [0, 0.05) is 19.6 Å². The topological polar surface area (TPSA) is 46.3 Å². The van der Waals surface area contributed by atoms with E-state index in [2.05, 4.69) is 0 Å². The molecule has 0 aliphatic heterocycles. The molecular weight excluding hydrogens is 305 g/mol. The molecule has 2 fully saturated rings. The SMILES string of the molecule is CN(Cc1ccccc1C(F)(F)F)C(=O)C1C2CCC(C2)C1N. The lowest BCUT2D eigenvalue weighted by molar-refractivity contribution is -0.141. The summed E-state index contributed by atoms with van der Waals surface area (Å²) in [5.41, 5.74) is 5.60. The third-order valence-corrected chi connectivity index (χ3v) is 5.37. The van der Waals surface area contributed by atoms with E-state index in [1.807, 2.05) is 0 Å². The van der Waals surface area contributed by atoms with Crippen molar-refractivity contribution in [2.45, 2.75) is 38.0 Å². The molecule has 1 aromatic rings. The number of carbonyl (C=O) groups is 1. The van der Waals surface area contributed by atoms with Gasteiger partial charge < -0.3 is 10.6 Å². The van der Waals surface area contributed by atoms with Gasteiger partial charge in [-0.3, -0.25) is 4.79 Å². The monoisotopic (exact) mass is 326 g/mol. The van der Waals surface area contributed by atoms with Crippen molar-refractivity contribution in [1.29, 1.82) is 0 Å². The Kier molecular flexibility index (Phi) is 4.12. The number of benzene rings is 1. The third-order valence-electron chi connectivity index (χ3n) is 5.37. The summed E-state index contributed by atoms with van der Waals surface area (Å²) in [5.74, 6) is 0.325. The molecule has 0 radical (unpaired) electrons. The fourth-order valence-corrected chi connectivity index (χ4v) is 4.22. The van der Waals surface area contributed by atoms with E-state index in [-0.39, 0.29) is 30.0 Å². The minimum Gasteiger partial charge on any atom is -0.341 e. The fourth-order valence-electron chi connectivity index (χ4n) is 4.22. The van der Waals surface area contributed by atoms with Crippen molar-refractivity contribution in [3.63, 3.8) is 0 Å². The highest BCUT2D eigenvalue weighted by atomic mass is 19.4. The van der Waals surface area contributed by atoms with E-state index in [4.69, 9.17) is 5.73 Å². The molecule has 23 heavy (non-hydrogen) atoms. The van der Waals surface area contributed by atoms with E-state index in [0.717, 1.165) is 25.3 Å². The van der Waals surface area contributed by atoms with E-state index in [9.17, 15) is 18.0 Å². The number of nitrogens with two attached hydrogens (primary N) is 1. The summed E-state index contributed by atoms with van der Waals surface area (Å²) >= 11 is 0. The minimum absolute atomic E-state index is 0.0465. The second-order valence-corrected chi connectivity index (χ2v) is 6.79. The van der Waals surface area contributed by atoms with Crippen molar-refractivity contribution < 1.29 is 18.0 Å². The normalized spacial score (nSPS) is 29.8. The largest absolute Gasteiger partial charge is 0.416 e. The van der Waals surface area contributed by atoms with Gasteiger partial charge in [-0.05, 0) is 42.7 Å². The summed E-state index contributed by atoms with van der Waals surface area (Å²) in [5, 5.41) is 0. The zero-order valence-corrected chi connectivity index (χ0v) is 13.0. The Morgan fingerprint density at radius 1 is 1.26 bits per heavy atom. The molecule has 3 nitrogen and oxygen atoms in total. The van der Waals surface area contributed by atoms with Gasteiger partial charge in [0.15, 0.2) is 0 Å². The van der Waals surface area contributed by atoms with Gasteiger partial charge in [0.05, 0.1) is 11.5 Å². The molecule has 2 bridgehead atoms. The smallest absolute Gasteiger partial charge is 0.341 e. The summed E-state index contributed by atoms with van der Waals surface area (Å²) in [7, 11) is 1.56. The molecule has 1 aromatic carbocycles. The van der Waals surface area contributed by atoms with Crippen molar-refractivity contribution in [3.05, 3.63) is 35.4 Å². The van der Waals surface area contributed by atoms with Crippen molar-refractivity contribution in [1.82, 2.24) is 4.90 Å². The molecule has 0 spiro atoms. The Balaban J connectivity index is 1.75. The van der Waals surface area contributed by atoms with E-state index in [0.29, 0.717) is 11.8 Å². The lowest BCUT2D eigenvalue weighted by atomic mass is 9.84. The summed E-state index contributed by atoms with van der Waals surface area (Å²) < 4.78 is 39.2. The molecule has 0 aromatic heterocycles. The molecule has 4 atom stereocenters. The highest BCUT2D eigenvalue weighted by molar-refractivity contribution is 5.80. The van der Waals surface area contributed by atoms with Gasteiger partial charge in [0.2, 0.25) is 5.91 Å². The van der Waals surface area contributed by atoms with Gasteiger partial charge in [0.1, 0.15) is 0 Å². The second kappa shape index (κ2) is 5.82. The molecule has 2 aliphatic carbocycles. The maximum atomic E-state index is 13.1. The number of amides is 1. The van der Waals surface area contributed by atoms with Crippen LogP contribution in [0.4, 0.5) is 13.2 Å². The summed E-state index contributed by atoms with van der Waals surface area (Å²) in [6, 6.07) is 5.25. The number of nitrogens with zero attached hydrogens (tertiary/aromatic N) is 1. The van der Waals surface area contributed by atoms with Crippen LogP contribution in [0, 0.1) is 17.8 Å². The van der Waals surface area contributed by atoms with Gasteiger partial charge in [0.25, 0.3) is 0 Å². The predicted molar refractivity (Wildman–Crippen MR) is 80.2 cm³/mol. The van der Waals surface area contributed by atoms with Crippen LogP contribution in [-0.2, 0) is 17.5 Å². The zero-order chi connectivity index (χ0) is 16.8. The second-order valence-electron chi connectivity index (χ2n) is 6.79. The van der Waals surface area contributed by atoms with Crippen molar-refractivity contribution >= 4 is 5.91 Å². The molecular formula is C17H21F3N2O. The Morgan fingerprint density at radius 3 is 2.52 bits per heavy atom. The molecule has 4 unspecified atom stereocenters. The average Bonchev–Trinajstić information content (AvgIpc) is 3.07. The minimum atomic E-state index is -4.41. The van der Waals surface area contributed by atoms with E-state index in [1.54, 1.807) is 13.1 Å². The average molecular weight is 326 g/mol. The number of fused-ring (bicyclic) bond motifs is 2. The van der Waals surface area contributed by atoms with Crippen LogP contribution in [0.3, 0.4) is 0 Å². The number of carbonyl (C=O) groups excluding carboxylic acids is 1. The van der Waals surface area contributed by atoms with Gasteiger partial charge in [-0.1, -0.05) is 18.2 Å². The fraction of sp³-hybridized carbons (Fsp3) is 0.588. The Hall–Kier alpha value is -1.56. The number of halogens is 3. The standard InChI is InChI=1S/C17H21F3N2O/c1-22(9-12-4-2-3-5-13(12)17(18,19)20)16(23)14-10-6-7-11(8-10)15(14)21/h2-5,10-11,14-15H,6-9,21H2,1H3. The first-order valence-corrected chi connectivity index (χ1v) is 7.94. The van der Waals surface area contributed by atoms with E-state index < -0.39 is 11.7 Å². The van der Waals surface area contributed by atoms with Gasteiger partial charge in [-0.2, -0.15) is 13.2 Å². The van der Waals surface area contributed by atoms with E-state index >= 15 is 0 Å². The van der Waals surface area contributed by atoms with Gasteiger partial charge in [-0.15, -0.1) is 0 Å². The summed E-state index contributed by atoms with van der Waals surface area (Å²) in [6.45, 7) is -0.0465. The van der Waals surface area contributed by atoms with Crippen LogP contribution in [0.25, 0.3) is 0 Å². The number of alkyl halides is 3. The van der Waals surface area contributed by atoms with Crippen LogP contribution in [0.1, 0.15) is 30.4 Å². The van der Waals surface area contributed by atoms with Crippen LogP contribution in [-0.4, -0.2) is 23.9 Å². The van der Waals surface area contributed by atoms with Crippen LogP contribution in [0.15, 0.2) is 24.3 Å². The van der Waals surface area contributed by atoms with Crippen molar-refractivity contribution in [3.8, 4) is 0 Å². The molecule has 2 aliphatic rings. The van der Waals surface area contributed by atoms with Gasteiger partial charge >= 0.3 is 6.18 Å². The Morgan fingerprint density at radius 2 is 1.91 bits per heavy atom. The Labute approximate surface area is 133 Å². The lowest BCUT2D eigenvalue weighted by Crippen LogP contribution is -2.45. The highest BCUT2D eigenvalue weighted by Crippen LogP contribution is 2.48. The molecule has 2 N–H and O–H groups in total. The highest BCUT2D eigenvalue weighted by Gasteiger charge is 2.49. The number of rotatable bonds is 3. The lowest BCUT2D eigenvalue weighted by Gasteiger charge is -2.31. The molecule has 3 rings (SSSR count). The molecule has 0 saturated heterocycles. The number of hydrogen-bond acceptors (Lipinski definition) is 2. The number of hydrogen-bond donors (Lipinski definition) is 1. The first kappa shape index (κ1) is 16.3. The zero-order valence-electron chi connectivity index (χ0n) is 13.0. The molecule has 6 heteroatoms. The Bertz CT molecular complexity index is 600. The maximum Gasteiger partial charge on any atom is 0.416 e. The van der Waals surface area contributed by atoms with Crippen LogP contribution < -0.4 is 5.73 Å². The van der Waals surface area contributed by atoms with Gasteiger partial charge in [-0.25, -0.2) is 0 Å². The predicted octanol–water partition coefficient (Wildman–Crippen LogP) is 3.04. The van der Waals surface area contributed by atoms with Crippen molar-refractivity contribution in [2.24, 2.45) is 23.5 Å². The molecule has 1 amide bonds. The van der Waals surface area contributed by atoms with E-state index in [1.165, 1.54) is 17.0 Å². The third kappa shape index (κ3) is 2.96. The van der Waals surface area contributed by atoms with Crippen LogP contribution in [0.2, 0.25) is 0 Å².